The van der Waals surface area contributed by atoms with Gasteiger partial charge in [0.2, 0.25) is 11.8 Å². The Labute approximate surface area is 180 Å². The van der Waals surface area contributed by atoms with Gasteiger partial charge in [0, 0.05) is 45.6 Å². The van der Waals surface area contributed by atoms with Crippen molar-refractivity contribution < 1.29 is 14.1 Å². The van der Waals surface area contributed by atoms with Gasteiger partial charge < -0.3 is 14.2 Å². The van der Waals surface area contributed by atoms with Crippen molar-refractivity contribution in [3.63, 3.8) is 0 Å². The molecule has 2 aromatic heterocycles. The number of amides is 1. The molecule has 0 aliphatic carbocycles. The summed E-state index contributed by atoms with van der Waals surface area (Å²) in [4.78, 5) is 23.9. The summed E-state index contributed by atoms with van der Waals surface area (Å²) in [6.07, 6.45) is 4.73. The van der Waals surface area contributed by atoms with E-state index in [0.29, 0.717) is 18.9 Å². The molecule has 4 rings (SSSR count). The van der Waals surface area contributed by atoms with Crippen molar-refractivity contribution in [2.45, 2.75) is 50.9 Å². The number of carbonyl (C=O) groups is 1. The molecule has 160 valence electrons. The predicted molar refractivity (Wildman–Crippen MR) is 116 cm³/mol. The van der Waals surface area contributed by atoms with Crippen LogP contribution in [0.2, 0.25) is 0 Å². The first-order valence-corrected chi connectivity index (χ1v) is 11.3. The molecule has 1 amide bonds. The van der Waals surface area contributed by atoms with E-state index < -0.39 is 0 Å². The number of aromatic nitrogens is 3. The monoisotopic (exact) mass is 428 g/mol. The van der Waals surface area contributed by atoms with E-state index in [0.717, 1.165) is 61.5 Å². The minimum absolute atomic E-state index is 0.175. The van der Waals surface area contributed by atoms with E-state index in [4.69, 9.17) is 9.26 Å². The van der Waals surface area contributed by atoms with Gasteiger partial charge in [0.05, 0.1) is 15.2 Å². The van der Waals surface area contributed by atoms with Crippen LogP contribution in [0.15, 0.2) is 28.8 Å². The first-order valence-electron chi connectivity index (χ1n) is 10.5. The van der Waals surface area contributed by atoms with Crippen molar-refractivity contribution in [3.05, 3.63) is 41.0 Å². The van der Waals surface area contributed by atoms with E-state index in [9.17, 15) is 4.79 Å². The summed E-state index contributed by atoms with van der Waals surface area (Å²) in [6, 6.07) is 8.17. The second-order valence-corrected chi connectivity index (χ2v) is 9.09. The van der Waals surface area contributed by atoms with Crippen LogP contribution in [0.5, 0.6) is 0 Å². The fourth-order valence-electron chi connectivity index (χ4n) is 4.16. The zero-order valence-corrected chi connectivity index (χ0v) is 18.4. The number of ether oxygens (including phenoxy) is 1. The van der Waals surface area contributed by atoms with Crippen molar-refractivity contribution in [2.75, 3.05) is 26.8 Å². The summed E-state index contributed by atoms with van der Waals surface area (Å²) < 4.78 is 11.8. The minimum Gasteiger partial charge on any atom is -0.385 e. The highest BCUT2D eigenvalue weighted by Gasteiger charge is 2.40. The summed E-state index contributed by atoms with van der Waals surface area (Å²) in [5, 5.41) is 5.29. The molecule has 1 aromatic carbocycles. The van der Waals surface area contributed by atoms with Crippen molar-refractivity contribution in [2.24, 2.45) is 0 Å². The van der Waals surface area contributed by atoms with Crippen LogP contribution in [0.1, 0.15) is 48.8 Å². The van der Waals surface area contributed by atoms with Gasteiger partial charge in [-0.1, -0.05) is 17.3 Å². The van der Waals surface area contributed by atoms with Crippen LogP contribution in [0.3, 0.4) is 0 Å². The molecule has 0 atom stereocenters. The number of benzene rings is 1. The van der Waals surface area contributed by atoms with Crippen molar-refractivity contribution >= 4 is 27.5 Å². The summed E-state index contributed by atoms with van der Waals surface area (Å²) in [5.41, 5.74) is 0.870. The molecule has 0 radical (unpaired) electrons. The van der Waals surface area contributed by atoms with Gasteiger partial charge >= 0.3 is 0 Å². The smallest absolute Gasteiger partial charge is 0.223 e. The summed E-state index contributed by atoms with van der Waals surface area (Å²) in [7, 11) is 1.71. The first kappa shape index (κ1) is 20.9. The van der Waals surface area contributed by atoms with Crippen molar-refractivity contribution in [3.8, 4) is 0 Å². The molecule has 0 bridgehead atoms. The summed E-state index contributed by atoms with van der Waals surface area (Å²) in [6.45, 7) is 3.89. The maximum absolute atomic E-state index is 12.8. The second kappa shape index (κ2) is 9.22. The molecule has 30 heavy (non-hydrogen) atoms. The highest BCUT2D eigenvalue weighted by atomic mass is 32.1. The number of methoxy groups -OCH3 is 1. The Balaban J connectivity index is 1.30. The van der Waals surface area contributed by atoms with Crippen LogP contribution in [0.4, 0.5) is 0 Å². The zero-order chi connectivity index (χ0) is 21.0. The third-order valence-corrected chi connectivity index (χ3v) is 7.08. The average molecular weight is 429 g/mol. The van der Waals surface area contributed by atoms with Crippen LogP contribution in [-0.2, 0) is 21.4 Å². The molecule has 1 aliphatic rings. The Morgan fingerprint density at radius 2 is 2.07 bits per heavy atom. The van der Waals surface area contributed by atoms with E-state index in [-0.39, 0.29) is 11.3 Å². The SMILES string of the molecule is COCCC1(c2noc(C)n2)CCN(C(=O)CCCc2nc3ccccc3s2)CC1. The Hall–Kier alpha value is -2.32. The third kappa shape index (κ3) is 4.54. The van der Waals surface area contributed by atoms with E-state index in [1.165, 1.54) is 4.70 Å². The Kier molecular flexibility index (Phi) is 6.43. The van der Waals surface area contributed by atoms with E-state index in [1.54, 1.807) is 18.4 Å². The van der Waals surface area contributed by atoms with Gasteiger partial charge in [0.1, 0.15) is 0 Å². The lowest BCUT2D eigenvalue weighted by Crippen LogP contribution is -2.46. The van der Waals surface area contributed by atoms with E-state index >= 15 is 0 Å². The maximum atomic E-state index is 12.8. The molecule has 0 spiro atoms. The number of aryl methyl sites for hydroxylation is 2. The number of carbonyl (C=O) groups excluding carboxylic acids is 1. The summed E-state index contributed by atoms with van der Waals surface area (Å²) >= 11 is 1.72. The van der Waals surface area contributed by atoms with Gasteiger partial charge in [0.25, 0.3) is 0 Å². The average Bonchev–Trinajstić information content (AvgIpc) is 3.38. The largest absolute Gasteiger partial charge is 0.385 e. The highest BCUT2D eigenvalue weighted by molar-refractivity contribution is 7.18. The molecule has 1 saturated heterocycles. The van der Waals surface area contributed by atoms with E-state index in [2.05, 4.69) is 21.2 Å². The Bertz CT molecular complexity index is 958. The van der Waals surface area contributed by atoms with Crippen LogP contribution >= 0.6 is 11.3 Å². The molecule has 0 saturated carbocycles. The van der Waals surface area contributed by atoms with Gasteiger partial charge in [-0.05, 0) is 44.2 Å². The molecule has 8 heteroatoms. The number of likely N-dealkylation sites (tertiary alicyclic amines) is 1. The normalized spacial score (nSPS) is 16.3. The second-order valence-electron chi connectivity index (χ2n) is 7.97. The summed E-state index contributed by atoms with van der Waals surface area (Å²) in [5.74, 6) is 1.55. The molecule has 0 N–H and O–H groups in total. The standard InChI is InChI=1S/C22H28N4O3S/c1-16-23-21(25-29-16)22(12-15-28-2)10-13-26(14-11-22)20(27)9-5-8-19-24-17-6-3-4-7-18(17)30-19/h3-4,6-7H,5,8-15H2,1-2H3. The number of nitrogens with zero attached hydrogens (tertiary/aromatic N) is 4. The molecule has 3 aromatic rings. The number of para-hydroxylation sites is 1. The highest BCUT2D eigenvalue weighted by Crippen LogP contribution is 2.37. The minimum atomic E-state index is -0.175. The Morgan fingerprint density at radius 3 is 2.77 bits per heavy atom. The molecular weight excluding hydrogens is 400 g/mol. The lowest BCUT2D eigenvalue weighted by atomic mass is 9.75. The maximum Gasteiger partial charge on any atom is 0.223 e. The van der Waals surface area contributed by atoms with Crippen LogP contribution in [0.25, 0.3) is 10.2 Å². The van der Waals surface area contributed by atoms with Crippen LogP contribution < -0.4 is 0 Å². The molecule has 0 unspecified atom stereocenters. The molecule has 1 aliphatic heterocycles. The predicted octanol–water partition coefficient (Wildman–Crippen LogP) is 3.91. The topological polar surface area (TPSA) is 81.4 Å². The number of thiazole rings is 1. The first-order chi connectivity index (χ1) is 14.6. The van der Waals surface area contributed by atoms with Crippen LogP contribution in [-0.4, -0.2) is 52.7 Å². The van der Waals surface area contributed by atoms with Crippen LogP contribution in [0, 0.1) is 6.92 Å². The number of hydrogen-bond donors (Lipinski definition) is 0. The quantitative estimate of drug-likeness (QED) is 0.541. The van der Waals surface area contributed by atoms with Gasteiger partial charge in [-0.25, -0.2) is 4.98 Å². The van der Waals surface area contributed by atoms with Crippen molar-refractivity contribution in [1.82, 2.24) is 20.0 Å². The zero-order valence-electron chi connectivity index (χ0n) is 17.6. The van der Waals surface area contributed by atoms with Crippen molar-refractivity contribution in [1.29, 1.82) is 0 Å². The molecule has 7 nitrogen and oxygen atoms in total. The molecular formula is C22H28N4O3S. The fourth-order valence-corrected chi connectivity index (χ4v) is 5.17. The number of piperidine rings is 1. The number of hydrogen-bond acceptors (Lipinski definition) is 7. The third-order valence-electron chi connectivity index (χ3n) is 5.98. The van der Waals surface area contributed by atoms with Gasteiger partial charge in [-0.3, -0.25) is 4.79 Å². The van der Waals surface area contributed by atoms with Gasteiger partial charge in [-0.2, -0.15) is 4.98 Å². The lowest BCUT2D eigenvalue weighted by Gasteiger charge is -2.39. The Morgan fingerprint density at radius 1 is 1.27 bits per heavy atom. The fraction of sp³-hybridized carbons (Fsp3) is 0.545. The number of fused-ring (bicyclic) bond motifs is 1. The lowest BCUT2D eigenvalue weighted by molar-refractivity contribution is -0.133. The van der Waals surface area contributed by atoms with Gasteiger partial charge in [0.15, 0.2) is 5.82 Å². The van der Waals surface area contributed by atoms with Gasteiger partial charge in [-0.15, -0.1) is 11.3 Å². The van der Waals surface area contributed by atoms with E-state index in [1.807, 2.05) is 30.0 Å². The molecule has 3 heterocycles. The number of rotatable bonds is 8. The molecule has 1 fully saturated rings.